The molecule has 1 aromatic heterocycles. The molecule has 0 aliphatic heterocycles. The van der Waals surface area contributed by atoms with E-state index in [1.165, 1.54) is 7.11 Å². The van der Waals surface area contributed by atoms with E-state index in [0.717, 1.165) is 27.9 Å². The monoisotopic (exact) mass is 384 g/mol. The summed E-state index contributed by atoms with van der Waals surface area (Å²) in [4.78, 5) is 17.3. The number of aromatic nitrogens is 1. The van der Waals surface area contributed by atoms with Crippen LogP contribution in [-0.4, -0.2) is 23.1 Å². The van der Waals surface area contributed by atoms with E-state index in [2.05, 4.69) is 10.3 Å². The lowest BCUT2D eigenvalue weighted by atomic mass is 9.89. The average molecular weight is 385 g/mol. The quantitative estimate of drug-likeness (QED) is 0.787. The van der Waals surface area contributed by atoms with Gasteiger partial charge in [-0.1, -0.05) is 45.9 Å². The maximum Gasteiger partial charge on any atom is 0.238 e. The summed E-state index contributed by atoms with van der Waals surface area (Å²) in [5, 5.41) is 14.4. The number of anilines is 1. The van der Waals surface area contributed by atoms with Gasteiger partial charge in [-0.3, -0.25) is 4.79 Å². The van der Waals surface area contributed by atoms with Gasteiger partial charge < -0.3 is 15.2 Å². The highest BCUT2D eigenvalue weighted by Gasteiger charge is 2.29. The lowest BCUT2D eigenvalue weighted by molar-refractivity contribution is -0.123. The van der Waals surface area contributed by atoms with Gasteiger partial charge in [-0.25, -0.2) is 4.98 Å². The first kappa shape index (κ1) is 21.9. The number of benzene rings is 1. The van der Waals surface area contributed by atoms with Gasteiger partial charge in [-0.15, -0.1) is 0 Å². The van der Waals surface area contributed by atoms with Crippen molar-refractivity contribution in [1.29, 1.82) is 0 Å². The van der Waals surface area contributed by atoms with Crippen LogP contribution in [0.1, 0.15) is 67.3 Å². The second kappa shape index (κ2) is 8.31. The topological polar surface area (TPSA) is 71.5 Å². The third-order valence-electron chi connectivity index (χ3n) is 5.20. The Morgan fingerprint density at radius 1 is 1.25 bits per heavy atom. The van der Waals surface area contributed by atoms with Gasteiger partial charge in [0.05, 0.1) is 7.11 Å². The van der Waals surface area contributed by atoms with Crippen LogP contribution in [0.3, 0.4) is 0 Å². The number of aryl methyl sites for hydroxylation is 2. The molecule has 5 nitrogen and oxygen atoms in total. The summed E-state index contributed by atoms with van der Waals surface area (Å²) < 4.78 is 5.48. The molecule has 0 aliphatic carbocycles. The average Bonchev–Trinajstić information content (AvgIpc) is 2.63. The number of nitrogens with zero attached hydrogens (tertiary/aromatic N) is 1. The van der Waals surface area contributed by atoms with Crippen LogP contribution in [0.5, 0.6) is 5.88 Å². The van der Waals surface area contributed by atoms with Crippen LogP contribution < -0.4 is 10.1 Å². The fraction of sp³-hybridized carbons (Fsp3) is 0.478. The molecule has 0 bridgehead atoms. The number of ether oxygens (including phenoxy) is 1. The maximum atomic E-state index is 12.7. The Kier molecular flexibility index (Phi) is 6.50. The smallest absolute Gasteiger partial charge is 0.238 e. The van der Waals surface area contributed by atoms with Gasteiger partial charge >= 0.3 is 0 Å². The van der Waals surface area contributed by atoms with Crippen molar-refractivity contribution < 1.29 is 14.6 Å². The van der Waals surface area contributed by atoms with Crippen molar-refractivity contribution in [3.05, 3.63) is 51.7 Å². The van der Waals surface area contributed by atoms with Crippen molar-refractivity contribution in [2.24, 2.45) is 5.41 Å². The van der Waals surface area contributed by atoms with Crippen molar-refractivity contribution in [1.82, 2.24) is 4.98 Å². The van der Waals surface area contributed by atoms with Crippen LogP contribution in [0.15, 0.2) is 18.2 Å². The minimum atomic E-state index is -0.902. The van der Waals surface area contributed by atoms with Gasteiger partial charge in [0, 0.05) is 16.7 Å². The molecule has 1 amide bonds. The molecular weight excluding hydrogens is 352 g/mol. The first-order chi connectivity index (χ1) is 13.0. The van der Waals surface area contributed by atoms with Crippen LogP contribution in [-0.2, 0) is 11.2 Å². The molecule has 152 valence electrons. The van der Waals surface area contributed by atoms with Crippen molar-refractivity contribution in [3.8, 4) is 5.88 Å². The Morgan fingerprint density at radius 2 is 1.89 bits per heavy atom. The fourth-order valence-electron chi connectivity index (χ4n) is 3.28. The number of hydrogen-bond donors (Lipinski definition) is 2. The highest BCUT2D eigenvalue weighted by molar-refractivity contribution is 5.96. The minimum absolute atomic E-state index is 0.159. The lowest BCUT2D eigenvalue weighted by Gasteiger charge is -2.26. The van der Waals surface area contributed by atoms with Crippen LogP contribution in [0, 0.1) is 26.2 Å². The van der Waals surface area contributed by atoms with Gasteiger partial charge in [0.15, 0.2) is 0 Å². The SMILES string of the molecule is CCc1c(C)nc(OC)c(NC(=O)C(C)(C)C)c1C(O)c1cccc(C)c1C. The second-order valence-corrected chi connectivity index (χ2v) is 8.22. The number of pyridine rings is 1. The molecule has 0 aliphatic rings. The predicted octanol–water partition coefficient (Wildman–Crippen LogP) is 4.64. The molecule has 0 fully saturated rings. The van der Waals surface area contributed by atoms with Crippen LogP contribution in [0.25, 0.3) is 0 Å². The normalized spacial score (nSPS) is 12.6. The molecule has 0 radical (unpaired) electrons. The summed E-state index contributed by atoms with van der Waals surface area (Å²) in [5.41, 5.74) is 5.14. The molecule has 0 spiro atoms. The summed E-state index contributed by atoms with van der Waals surface area (Å²) in [6, 6.07) is 5.88. The van der Waals surface area contributed by atoms with E-state index in [0.29, 0.717) is 23.6 Å². The summed E-state index contributed by atoms with van der Waals surface area (Å²) in [6.07, 6.45) is -0.223. The molecule has 1 unspecified atom stereocenters. The van der Waals surface area contributed by atoms with E-state index in [-0.39, 0.29) is 5.91 Å². The second-order valence-electron chi connectivity index (χ2n) is 8.22. The first-order valence-electron chi connectivity index (χ1n) is 9.65. The molecule has 0 saturated heterocycles. The molecule has 2 N–H and O–H groups in total. The molecule has 1 heterocycles. The minimum Gasteiger partial charge on any atom is -0.479 e. The van der Waals surface area contributed by atoms with Gasteiger partial charge in [-0.2, -0.15) is 0 Å². The fourth-order valence-corrected chi connectivity index (χ4v) is 3.28. The van der Waals surface area contributed by atoms with E-state index in [9.17, 15) is 9.90 Å². The van der Waals surface area contributed by atoms with Crippen LogP contribution >= 0.6 is 0 Å². The highest BCUT2D eigenvalue weighted by atomic mass is 16.5. The Balaban J connectivity index is 2.77. The summed E-state index contributed by atoms with van der Waals surface area (Å²) in [5.74, 6) is 0.152. The van der Waals surface area contributed by atoms with E-state index in [4.69, 9.17) is 4.74 Å². The third kappa shape index (κ3) is 4.20. The van der Waals surface area contributed by atoms with Crippen molar-refractivity contribution >= 4 is 11.6 Å². The summed E-state index contributed by atoms with van der Waals surface area (Å²) in [6.45, 7) is 13.5. The molecule has 1 aromatic carbocycles. The standard InChI is InChI=1S/C23H32N2O3/c1-9-16-15(4)24-21(28-8)19(25-22(27)23(5,6)7)18(16)20(26)17-12-10-11-13(2)14(17)3/h10-12,20,26H,9H2,1-8H3,(H,25,27). The number of aliphatic hydroxyl groups is 1. The Morgan fingerprint density at radius 3 is 2.43 bits per heavy atom. The number of nitrogens with one attached hydrogen (secondary N) is 1. The number of carbonyl (C=O) groups excluding carboxylic acids is 1. The number of carbonyl (C=O) groups is 1. The van der Waals surface area contributed by atoms with Crippen LogP contribution in [0.4, 0.5) is 5.69 Å². The van der Waals surface area contributed by atoms with E-state index >= 15 is 0 Å². The van der Waals surface area contributed by atoms with Gasteiger partial charge in [0.2, 0.25) is 11.8 Å². The Labute approximate surface area is 168 Å². The maximum absolute atomic E-state index is 12.7. The van der Waals surface area contributed by atoms with Gasteiger partial charge in [0.25, 0.3) is 0 Å². The van der Waals surface area contributed by atoms with Crippen LogP contribution in [0.2, 0.25) is 0 Å². The lowest BCUT2D eigenvalue weighted by Crippen LogP contribution is -2.29. The van der Waals surface area contributed by atoms with Gasteiger partial charge in [0.1, 0.15) is 11.8 Å². The zero-order valence-corrected chi connectivity index (χ0v) is 18.2. The van der Waals surface area contributed by atoms with E-state index in [1.807, 2.05) is 66.7 Å². The molecule has 2 aromatic rings. The molecule has 2 rings (SSSR count). The summed E-state index contributed by atoms with van der Waals surface area (Å²) in [7, 11) is 1.52. The predicted molar refractivity (Wildman–Crippen MR) is 113 cm³/mol. The largest absolute Gasteiger partial charge is 0.479 e. The Hall–Kier alpha value is -2.40. The molecular formula is C23H32N2O3. The number of rotatable bonds is 5. The first-order valence-corrected chi connectivity index (χ1v) is 9.65. The van der Waals surface area contributed by atoms with Crippen molar-refractivity contribution in [2.45, 2.75) is 61.0 Å². The zero-order valence-electron chi connectivity index (χ0n) is 18.2. The van der Waals surface area contributed by atoms with Gasteiger partial charge in [-0.05, 0) is 49.4 Å². The number of amides is 1. The number of hydrogen-bond acceptors (Lipinski definition) is 4. The molecule has 28 heavy (non-hydrogen) atoms. The highest BCUT2D eigenvalue weighted by Crippen LogP contribution is 2.40. The Bertz CT molecular complexity index is 882. The van der Waals surface area contributed by atoms with Crippen molar-refractivity contribution in [3.63, 3.8) is 0 Å². The van der Waals surface area contributed by atoms with E-state index < -0.39 is 11.5 Å². The van der Waals surface area contributed by atoms with E-state index in [1.54, 1.807) is 0 Å². The number of methoxy groups -OCH3 is 1. The number of aliphatic hydroxyl groups excluding tert-OH is 1. The van der Waals surface area contributed by atoms with Crippen molar-refractivity contribution in [2.75, 3.05) is 12.4 Å². The molecule has 0 saturated carbocycles. The summed E-state index contributed by atoms with van der Waals surface area (Å²) >= 11 is 0. The molecule has 1 atom stereocenters. The third-order valence-corrected chi connectivity index (χ3v) is 5.20. The zero-order chi connectivity index (χ0) is 21.2. The molecule has 5 heteroatoms.